The Labute approximate surface area is 298 Å². The van der Waals surface area contributed by atoms with Crippen molar-refractivity contribution >= 4 is 22.3 Å². The Bertz CT molecular complexity index is 2630. The van der Waals surface area contributed by atoms with Gasteiger partial charge in [-0.3, -0.25) is 37.8 Å². The minimum Gasteiger partial charge on any atom is -0.376 e. The second-order valence-corrected chi connectivity index (χ2v) is 12.8. The Balaban J connectivity index is 0.000000208. The number of alkyl halides is 6. The third-order valence-corrected chi connectivity index (χ3v) is 8.86. The summed E-state index contributed by atoms with van der Waals surface area (Å²) in [6, 6.07) is 5.09. The molecular formula is C32H32F6N10O6. The molecule has 0 radical (unpaired) electrons. The fourth-order valence-electron chi connectivity index (χ4n) is 5.39. The summed E-state index contributed by atoms with van der Waals surface area (Å²) in [5.41, 5.74) is -8.60. The van der Waals surface area contributed by atoms with Gasteiger partial charge in [0.1, 0.15) is 0 Å². The molecule has 0 spiro atoms. The van der Waals surface area contributed by atoms with Gasteiger partial charge in [0.25, 0.3) is 11.1 Å². The summed E-state index contributed by atoms with van der Waals surface area (Å²) in [7, 11) is 6.10. The molecule has 6 rings (SSSR count). The van der Waals surface area contributed by atoms with E-state index in [0.717, 1.165) is 33.7 Å². The van der Waals surface area contributed by atoms with Gasteiger partial charge in [0.15, 0.2) is 27.9 Å². The molecule has 5 aromatic heterocycles. The van der Waals surface area contributed by atoms with Gasteiger partial charge in [0.05, 0.1) is 49.5 Å². The third-order valence-electron chi connectivity index (χ3n) is 8.86. The van der Waals surface area contributed by atoms with Crippen molar-refractivity contribution in [1.29, 1.82) is 0 Å². The van der Waals surface area contributed by atoms with E-state index in [2.05, 4.69) is 19.9 Å². The molecule has 0 fully saturated rings. The van der Waals surface area contributed by atoms with Gasteiger partial charge in [-0.2, -0.15) is 26.3 Å². The number of nitrogens with zero attached hydrogens (tertiary/aromatic N) is 10. The second-order valence-electron chi connectivity index (χ2n) is 12.8. The molecule has 16 nitrogen and oxygen atoms in total. The topological polar surface area (TPSA) is 190 Å². The van der Waals surface area contributed by atoms with Crippen LogP contribution in [0.5, 0.6) is 0 Å². The number of aliphatic hydroxyl groups is 2. The van der Waals surface area contributed by atoms with E-state index in [-0.39, 0.29) is 52.2 Å². The molecule has 54 heavy (non-hydrogen) atoms. The van der Waals surface area contributed by atoms with Crippen LogP contribution in [0.2, 0.25) is 0 Å². The molecule has 288 valence electrons. The van der Waals surface area contributed by atoms with Crippen LogP contribution in [0.4, 0.5) is 26.3 Å². The highest BCUT2D eigenvalue weighted by Gasteiger charge is 2.53. The molecule has 2 N–H and O–H groups in total. The average Bonchev–Trinajstić information content (AvgIpc) is 3.69. The molecule has 5 heterocycles. The lowest BCUT2D eigenvalue weighted by Crippen LogP contribution is -2.41. The maximum absolute atomic E-state index is 13.1. The van der Waals surface area contributed by atoms with E-state index < -0.39 is 51.7 Å². The molecular weight excluding hydrogens is 734 g/mol. The van der Waals surface area contributed by atoms with E-state index in [4.69, 9.17) is 0 Å². The number of fused-ring (bicyclic) bond motifs is 2. The lowest BCUT2D eigenvalue weighted by Gasteiger charge is -2.27. The van der Waals surface area contributed by atoms with E-state index in [0.29, 0.717) is 13.8 Å². The molecule has 0 saturated heterocycles. The Morgan fingerprint density at radius 3 is 1.57 bits per heavy atom. The van der Waals surface area contributed by atoms with Crippen LogP contribution < -0.4 is 22.5 Å². The van der Waals surface area contributed by atoms with Crippen LogP contribution in [0.15, 0.2) is 68.5 Å². The lowest BCUT2D eigenvalue weighted by atomic mass is 9.94. The smallest absolute Gasteiger partial charge is 0.376 e. The maximum Gasteiger partial charge on any atom is 0.422 e. The molecule has 0 saturated carbocycles. The summed E-state index contributed by atoms with van der Waals surface area (Å²) in [6.07, 6.45) is -5.26. The van der Waals surface area contributed by atoms with Crippen LogP contribution in [0.1, 0.15) is 36.4 Å². The lowest BCUT2D eigenvalue weighted by molar-refractivity contribution is -0.260. The zero-order chi connectivity index (χ0) is 40.3. The van der Waals surface area contributed by atoms with E-state index in [1.807, 2.05) is 0 Å². The Morgan fingerprint density at radius 1 is 0.648 bits per heavy atom. The summed E-state index contributed by atoms with van der Waals surface area (Å²) in [4.78, 5) is 65.6. The minimum atomic E-state index is -4.93. The molecule has 6 aromatic rings. The number of rotatable bonds is 6. The molecule has 0 aliphatic carbocycles. The molecule has 0 amide bonds. The number of hydrogen-bond acceptors (Lipinski definition) is 10. The molecule has 2 unspecified atom stereocenters. The van der Waals surface area contributed by atoms with Gasteiger partial charge in [-0.15, -0.1) is 0 Å². The van der Waals surface area contributed by atoms with Gasteiger partial charge in [0, 0.05) is 28.2 Å². The van der Waals surface area contributed by atoms with E-state index >= 15 is 0 Å². The van der Waals surface area contributed by atoms with Crippen LogP contribution >= 0.6 is 0 Å². The first kappa shape index (κ1) is 39.3. The largest absolute Gasteiger partial charge is 0.422 e. The normalized spacial score (nSPS) is 14.5. The summed E-state index contributed by atoms with van der Waals surface area (Å²) in [5.74, 6) is 0. The molecule has 22 heteroatoms. The van der Waals surface area contributed by atoms with Crippen LogP contribution in [0, 0.1) is 0 Å². The summed E-state index contributed by atoms with van der Waals surface area (Å²) in [5, 5.41) is 19.5. The zero-order valence-electron chi connectivity index (χ0n) is 29.3. The Kier molecular flexibility index (Phi) is 9.83. The monoisotopic (exact) mass is 766 g/mol. The highest BCUT2D eigenvalue weighted by atomic mass is 19.4. The van der Waals surface area contributed by atoms with Gasteiger partial charge < -0.3 is 19.3 Å². The molecule has 0 bridgehead atoms. The Morgan fingerprint density at radius 2 is 1.13 bits per heavy atom. The third kappa shape index (κ3) is 6.72. The van der Waals surface area contributed by atoms with Crippen molar-refractivity contribution in [2.24, 2.45) is 28.2 Å². The first-order valence-corrected chi connectivity index (χ1v) is 15.6. The van der Waals surface area contributed by atoms with Gasteiger partial charge in [0.2, 0.25) is 5.60 Å². The van der Waals surface area contributed by atoms with Crippen LogP contribution in [-0.4, -0.2) is 69.9 Å². The highest BCUT2D eigenvalue weighted by Crippen LogP contribution is 2.39. The minimum absolute atomic E-state index is 0.0810. The SMILES string of the molecule is Cn1cnc2c1c(=O)n(Cc1cccc(C(C)(O)C(F)(F)F)c1)c(=O)n2C.Cn1cnc2c1c(=O)n(Cc1cnc(C(C)(O)C(F)(F)F)cn1)c(=O)n2C. The molecule has 0 aliphatic rings. The average molecular weight is 767 g/mol. The van der Waals surface area contributed by atoms with Gasteiger partial charge in [-0.1, -0.05) is 24.3 Å². The fourth-order valence-corrected chi connectivity index (χ4v) is 5.39. The standard InChI is InChI=1S/C17H17F3N4O3.C15H15F3N6O3/c1-16(27,17(18,19)20)11-6-4-5-10(7-11)8-24-14(25)12-13(21-9-22(12)2)23(3)15(24)26;1-14(27,15(16,17)18)9-5-19-8(4-20-9)6-24-12(25)10-11(21-7-22(10)2)23(3)13(24)26/h4-7,9,27H,8H2,1-3H3;4-5,7,27H,6H2,1-3H3. The quantitative estimate of drug-likeness (QED) is 0.234. The molecule has 0 aliphatic heterocycles. The van der Waals surface area contributed by atoms with Crippen LogP contribution in [-0.2, 0) is 52.5 Å². The van der Waals surface area contributed by atoms with Crippen LogP contribution in [0.3, 0.4) is 0 Å². The van der Waals surface area contributed by atoms with Crippen LogP contribution in [0.25, 0.3) is 22.3 Å². The summed E-state index contributed by atoms with van der Waals surface area (Å²) >= 11 is 0. The van der Waals surface area contributed by atoms with Crippen molar-refractivity contribution in [2.45, 2.75) is 50.5 Å². The highest BCUT2D eigenvalue weighted by molar-refractivity contribution is 5.70. The van der Waals surface area contributed by atoms with E-state index in [1.54, 1.807) is 14.1 Å². The number of aromatic nitrogens is 10. The van der Waals surface area contributed by atoms with Crippen molar-refractivity contribution in [3.05, 3.63) is 114 Å². The predicted molar refractivity (Wildman–Crippen MR) is 178 cm³/mol. The number of benzene rings is 1. The van der Waals surface area contributed by atoms with Crippen molar-refractivity contribution in [2.75, 3.05) is 0 Å². The number of imidazole rings is 2. The van der Waals surface area contributed by atoms with Crippen molar-refractivity contribution in [3.8, 4) is 0 Å². The number of aryl methyl sites for hydroxylation is 4. The fraction of sp³-hybridized carbons (Fsp3) is 0.375. The summed E-state index contributed by atoms with van der Waals surface area (Å²) < 4.78 is 84.9. The predicted octanol–water partition coefficient (Wildman–Crippen LogP) is 1.29. The first-order chi connectivity index (χ1) is 24.9. The first-order valence-electron chi connectivity index (χ1n) is 15.6. The second kappa shape index (κ2) is 13.5. The van der Waals surface area contributed by atoms with Gasteiger partial charge >= 0.3 is 23.7 Å². The van der Waals surface area contributed by atoms with E-state index in [1.165, 1.54) is 57.2 Å². The van der Waals surface area contributed by atoms with E-state index in [9.17, 15) is 55.7 Å². The van der Waals surface area contributed by atoms with Crippen molar-refractivity contribution in [3.63, 3.8) is 0 Å². The molecule has 1 aromatic carbocycles. The van der Waals surface area contributed by atoms with Gasteiger partial charge in [-0.25, -0.2) is 19.6 Å². The molecule has 2 atom stereocenters. The number of halogens is 6. The van der Waals surface area contributed by atoms with Crippen molar-refractivity contribution in [1.82, 2.24) is 47.3 Å². The van der Waals surface area contributed by atoms with Crippen molar-refractivity contribution < 1.29 is 36.6 Å². The number of hydrogen-bond donors (Lipinski definition) is 2. The van der Waals surface area contributed by atoms with Gasteiger partial charge in [-0.05, 0) is 25.0 Å². The maximum atomic E-state index is 13.1. The zero-order valence-corrected chi connectivity index (χ0v) is 29.3. The summed E-state index contributed by atoms with van der Waals surface area (Å²) in [6.45, 7) is 0.675. The Hall–Kier alpha value is -5.90.